The molecule has 20 heavy (non-hydrogen) atoms. The fraction of sp³-hybridized carbons (Fsp3) is 0.500. The van der Waals surface area contributed by atoms with E-state index in [9.17, 15) is 10.1 Å². The highest BCUT2D eigenvalue weighted by Gasteiger charge is 2.31. The molecule has 0 amide bonds. The predicted molar refractivity (Wildman–Crippen MR) is 75.9 cm³/mol. The molecule has 0 aliphatic carbocycles. The average Bonchev–Trinajstić information content (AvgIpc) is 2.29. The van der Waals surface area contributed by atoms with Crippen LogP contribution < -0.4 is 0 Å². The molecule has 0 bridgehead atoms. The number of aliphatic hydroxyl groups is 2. The van der Waals surface area contributed by atoms with Crippen LogP contribution in [0.3, 0.4) is 0 Å². The van der Waals surface area contributed by atoms with Crippen LogP contribution in [0.5, 0.6) is 0 Å². The maximum Gasteiger partial charge on any atom is 0.482 e. The van der Waals surface area contributed by atoms with Crippen molar-refractivity contribution in [3.05, 3.63) is 40.4 Å². The molecule has 1 radical (unpaired) electrons. The van der Waals surface area contributed by atoms with Gasteiger partial charge in [-0.1, -0.05) is 18.2 Å². The molecule has 0 fully saturated rings. The van der Waals surface area contributed by atoms with Crippen LogP contribution in [-0.2, 0) is 0 Å². The van der Waals surface area contributed by atoms with Gasteiger partial charge < -0.3 is 20.3 Å². The standard InChI is InChI=1S/C6H5NO2.C6H14O2.BH2O2/c8-7(9)6-4-2-1-3-5-6;1-5(2,7)6(3,4)8;2-1-3/h1-5H;7-8H,1-4H3;2-3H. The SMILES string of the molecule is CC(C)(O)C(C)(C)O.O=[N+]([O-])c1ccccc1.O[B]O. The minimum absolute atomic E-state index is 0. The zero-order chi connectivity index (χ0) is 16.4. The molecule has 0 spiro atoms. The molecule has 0 aliphatic rings. The Balaban J connectivity index is 0. The van der Waals surface area contributed by atoms with E-state index in [4.69, 9.17) is 20.3 Å². The first kappa shape index (κ1) is 20.8. The van der Waals surface area contributed by atoms with E-state index in [1.165, 1.54) is 12.1 Å². The van der Waals surface area contributed by atoms with Crippen molar-refractivity contribution in [2.75, 3.05) is 0 Å². The van der Waals surface area contributed by atoms with Crippen LogP contribution in [0.1, 0.15) is 27.7 Å². The summed E-state index contributed by atoms with van der Waals surface area (Å²) in [5.74, 6) is 0. The van der Waals surface area contributed by atoms with Gasteiger partial charge in [-0.05, 0) is 27.7 Å². The molecule has 0 aromatic heterocycles. The van der Waals surface area contributed by atoms with E-state index in [0.717, 1.165) is 0 Å². The zero-order valence-corrected chi connectivity index (χ0v) is 12.0. The summed E-state index contributed by atoms with van der Waals surface area (Å²) in [6.45, 7) is 6.31. The minimum Gasteiger partial charge on any atom is -0.429 e. The maximum absolute atomic E-state index is 10.0. The molecule has 0 saturated carbocycles. The lowest BCUT2D eigenvalue weighted by Crippen LogP contribution is -2.44. The van der Waals surface area contributed by atoms with Crippen LogP contribution in [-0.4, -0.2) is 44.1 Å². The fourth-order valence-corrected chi connectivity index (χ4v) is 0.550. The van der Waals surface area contributed by atoms with E-state index >= 15 is 0 Å². The molecule has 0 saturated heterocycles. The first-order chi connectivity index (χ1) is 8.97. The molecule has 7 nitrogen and oxygen atoms in total. The summed E-state index contributed by atoms with van der Waals surface area (Å²) in [6, 6.07) is 7.93. The van der Waals surface area contributed by atoms with Crippen LogP contribution in [0, 0.1) is 10.1 Å². The van der Waals surface area contributed by atoms with Gasteiger partial charge in [-0.2, -0.15) is 0 Å². The van der Waals surface area contributed by atoms with Gasteiger partial charge in [0, 0.05) is 12.1 Å². The van der Waals surface area contributed by atoms with Crippen molar-refractivity contribution < 1.29 is 25.2 Å². The maximum atomic E-state index is 10.0. The van der Waals surface area contributed by atoms with Crippen molar-refractivity contribution in [1.82, 2.24) is 0 Å². The molecular formula is C12H21BNO6. The number of hydrogen-bond donors (Lipinski definition) is 4. The quantitative estimate of drug-likeness (QED) is 0.359. The topological polar surface area (TPSA) is 124 Å². The van der Waals surface area contributed by atoms with Crippen molar-refractivity contribution in [2.45, 2.75) is 38.9 Å². The molecule has 4 N–H and O–H groups in total. The second-order valence-corrected chi connectivity index (χ2v) is 4.83. The second kappa shape index (κ2) is 9.43. The lowest BCUT2D eigenvalue weighted by atomic mass is 9.90. The molecule has 8 heteroatoms. The summed E-state index contributed by atoms with van der Waals surface area (Å²) in [5, 5.41) is 42.2. The van der Waals surface area contributed by atoms with Crippen LogP contribution in [0.25, 0.3) is 0 Å². The van der Waals surface area contributed by atoms with Crippen LogP contribution in [0.15, 0.2) is 30.3 Å². The monoisotopic (exact) mass is 286 g/mol. The van der Waals surface area contributed by atoms with E-state index < -0.39 is 16.1 Å². The summed E-state index contributed by atoms with van der Waals surface area (Å²) in [7, 11) is 0. The predicted octanol–water partition coefficient (Wildman–Crippen LogP) is 0.628. The Morgan fingerprint density at radius 3 is 1.45 bits per heavy atom. The minimum atomic E-state index is -1.01. The Hall–Kier alpha value is -1.48. The second-order valence-electron chi connectivity index (χ2n) is 4.83. The van der Waals surface area contributed by atoms with E-state index in [1.807, 2.05) is 0 Å². The highest BCUT2D eigenvalue weighted by atomic mass is 16.6. The number of nitrogens with zero attached hydrogens (tertiary/aromatic N) is 1. The summed E-state index contributed by atoms with van der Waals surface area (Å²) in [6.07, 6.45) is 0. The molecular weight excluding hydrogens is 265 g/mol. The zero-order valence-electron chi connectivity index (χ0n) is 12.0. The Morgan fingerprint density at radius 1 is 1.00 bits per heavy atom. The lowest BCUT2D eigenvalue weighted by molar-refractivity contribution is -0.384. The number of nitro groups is 1. The Kier molecular flexibility index (Phi) is 9.83. The van der Waals surface area contributed by atoms with Crippen molar-refractivity contribution in [1.29, 1.82) is 0 Å². The van der Waals surface area contributed by atoms with Gasteiger partial charge in [-0.25, -0.2) is 0 Å². The highest BCUT2D eigenvalue weighted by molar-refractivity contribution is 6.13. The Bertz CT molecular complexity index is 360. The van der Waals surface area contributed by atoms with E-state index in [1.54, 1.807) is 45.9 Å². The molecule has 1 aromatic rings. The smallest absolute Gasteiger partial charge is 0.429 e. The number of benzene rings is 1. The van der Waals surface area contributed by atoms with Gasteiger partial charge in [0.1, 0.15) is 0 Å². The van der Waals surface area contributed by atoms with E-state index in [-0.39, 0.29) is 13.4 Å². The number of non-ortho nitro benzene ring substituents is 1. The Morgan fingerprint density at radius 2 is 1.30 bits per heavy atom. The Labute approximate surface area is 119 Å². The number of rotatable bonds is 2. The van der Waals surface area contributed by atoms with Crippen molar-refractivity contribution in [3.8, 4) is 0 Å². The van der Waals surface area contributed by atoms with E-state index in [2.05, 4.69) is 0 Å². The molecule has 0 heterocycles. The van der Waals surface area contributed by atoms with E-state index in [0.29, 0.717) is 0 Å². The molecule has 0 atom stereocenters. The molecule has 1 rings (SSSR count). The van der Waals surface area contributed by atoms with Gasteiger partial charge in [0.2, 0.25) is 0 Å². The van der Waals surface area contributed by atoms with Gasteiger partial charge in [-0.3, -0.25) is 10.1 Å². The summed E-state index contributed by atoms with van der Waals surface area (Å²) in [5.41, 5.74) is -1.88. The third-order valence-electron chi connectivity index (χ3n) is 2.46. The first-order valence-corrected chi connectivity index (χ1v) is 5.71. The van der Waals surface area contributed by atoms with Gasteiger partial charge >= 0.3 is 7.69 Å². The lowest BCUT2D eigenvalue weighted by Gasteiger charge is -2.31. The summed E-state index contributed by atoms with van der Waals surface area (Å²) in [4.78, 5) is 9.59. The van der Waals surface area contributed by atoms with Crippen molar-refractivity contribution >= 4 is 13.4 Å². The first-order valence-electron chi connectivity index (χ1n) is 5.71. The van der Waals surface area contributed by atoms with Crippen LogP contribution in [0.4, 0.5) is 5.69 Å². The van der Waals surface area contributed by atoms with Crippen LogP contribution >= 0.6 is 0 Å². The largest absolute Gasteiger partial charge is 0.482 e. The summed E-state index contributed by atoms with van der Waals surface area (Å²) >= 11 is 0. The fourth-order valence-electron chi connectivity index (χ4n) is 0.550. The van der Waals surface area contributed by atoms with Gasteiger partial charge in [-0.15, -0.1) is 0 Å². The van der Waals surface area contributed by atoms with Gasteiger partial charge in [0.25, 0.3) is 5.69 Å². The highest BCUT2D eigenvalue weighted by Crippen LogP contribution is 2.19. The van der Waals surface area contributed by atoms with Crippen molar-refractivity contribution in [2.24, 2.45) is 0 Å². The number of hydrogen-bond acceptors (Lipinski definition) is 6. The third kappa shape index (κ3) is 10.4. The van der Waals surface area contributed by atoms with Gasteiger partial charge in [0.05, 0.1) is 16.1 Å². The van der Waals surface area contributed by atoms with Crippen LogP contribution in [0.2, 0.25) is 0 Å². The number of nitro benzene ring substituents is 1. The normalized spacial score (nSPS) is 10.4. The molecule has 1 aromatic carbocycles. The molecule has 113 valence electrons. The number of para-hydroxylation sites is 1. The summed E-state index contributed by atoms with van der Waals surface area (Å²) < 4.78 is 0. The molecule has 0 unspecified atom stereocenters. The third-order valence-corrected chi connectivity index (χ3v) is 2.46. The average molecular weight is 286 g/mol. The molecule has 0 aliphatic heterocycles. The van der Waals surface area contributed by atoms with Gasteiger partial charge in [0.15, 0.2) is 0 Å². The van der Waals surface area contributed by atoms with Crippen molar-refractivity contribution in [3.63, 3.8) is 0 Å².